The largest absolute Gasteiger partial charge is 1.00 e. The van der Waals surface area contributed by atoms with Gasteiger partial charge in [0.05, 0.1) is 4.90 Å². The second-order valence-corrected chi connectivity index (χ2v) is 8.65. The van der Waals surface area contributed by atoms with Gasteiger partial charge in [0.2, 0.25) is 0 Å². The topological polar surface area (TPSA) is 74.6 Å². The summed E-state index contributed by atoms with van der Waals surface area (Å²) in [5.41, 5.74) is 0.496. The van der Waals surface area contributed by atoms with Crippen molar-refractivity contribution in [1.29, 1.82) is 0 Å². The molecule has 0 aliphatic rings. The van der Waals surface area contributed by atoms with Gasteiger partial charge in [-0.2, -0.15) is 8.42 Å². The molecule has 0 fully saturated rings. The summed E-state index contributed by atoms with van der Waals surface area (Å²) in [6.45, 7) is 2.25. The third-order valence-electron chi connectivity index (χ3n) is 4.87. The van der Waals surface area contributed by atoms with Crippen molar-refractivity contribution in [2.75, 3.05) is 0 Å². The van der Waals surface area contributed by atoms with E-state index in [1.807, 2.05) is 0 Å². The SMILES string of the molecule is CCCCCCCCCCCCCCCc1cc(O)ccc1S(=O)(=O)O.[Na+]. The first-order valence-corrected chi connectivity index (χ1v) is 11.7. The molecule has 1 aromatic carbocycles. The summed E-state index contributed by atoms with van der Waals surface area (Å²) in [6.07, 6.45) is 16.9. The first-order valence-electron chi connectivity index (χ1n) is 10.2. The molecule has 0 radical (unpaired) electrons. The number of unbranched alkanes of at least 4 members (excludes halogenated alkanes) is 12. The standard InChI is InChI=1S/C21H36O4S.Na/c1-2-3-4-5-6-7-8-9-10-11-12-13-14-15-19-18-20(22)16-17-21(19)26(23,24)25;/h16-18,22H,2-15H2,1H3,(H,23,24,25);/q;+1. The molecule has 0 aliphatic carbocycles. The van der Waals surface area contributed by atoms with Crippen LogP contribution in [0.2, 0.25) is 0 Å². The molecule has 0 unspecified atom stereocenters. The van der Waals surface area contributed by atoms with Crippen LogP contribution in [0.25, 0.3) is 0 Å². The molecule has 0 aliphatic heterocycles. The van der Waals surface area contributed by atoms with E-state index in [2.05, 4.69) is 6.92 Å². The van der Waals surface area contributed by atoms with Crippen molar-refractivity contribution in [2.24, 2.45) is 0 Å². The number of rotatable bonds is 15. The zero-order chi connectivity index (χ0) is 19.3. The Labute approximate surface area is 188 Å². The predicted molar refractivity (Wildman–Crippen MR) is 107 cm³/mol. The minimum absolute atomic E-state index is 0. The van der Waals surface area contributed by atoms with E-state index >= 15 is 0 Å². The molecule has 0 heterocycles. The minimum Gasteiger partial charge on any atom is -0.508 e. The molecular formula is C21H36NaO4S+. The number of hydrogen-bond donors (Lipinski definition) is 2. The Morgan fingerprint density at radius 1 is 0.778 bits per heavy atom. The fourth-order valence-corrected chi connectivity index (χ4v) is 4.08. The fourth-order valence-electron chi connectivity index (χ4n) is 3.35. The van der Waals surface area contributed by atoms with E-state index < -0.39 is 10.1 Å². The normalized spacial score (nSPS) is 11.3. The van der Waals surface area contributed by atoms with E-state index in [4.69, 9.17) is 0 Å². The monoisotopic (exact) mass is 407 g/mol. The number of phenolic OH excluding ortho intramolecular Hbond substituents is 1. The Balaban J connectivity index is 0.00000676. The third kappa shape index (κ3) is 12.9. The summed E-state index contributed by atoms with van der Waals surface area (Å²) in [7, 11) is -4.23. The molecule has 0 aromatic heterocycles. The van der Waals surface area contributed by atoms with E-state index in [0.717, 1.165) is 19.3 Å². The van der Waals surface area contributed by atoms with Crippen LogP contribution in [0.4, 0.5) is 0 Å². The predicted octanol–water partition coefficient (Wildman–Crippen LogP) is 3.28. The molecular weight excluding hydrogens is 371 g/mol. The number of phenols is 1. The quantitative estimate of drug-likeness (QED) is 0.266. The van der Waals surface area contributed by atoms with Crippen LogP contribution in [-0.2, 0) is 16.5 Å². The molecule has 0 atom stereocenters. The summed E-state index contributed by atoms with van der Waals surface area (Å²) in [6, 6.07) is 3.99. The van der Waals surface area contributed by atoms with Gasteiger partial charge < -0.3 is 5.11 Å². The van der Waals surface area contributed by atoms with Gasteiger partial charge in [-0.15, -0.1) is 0 Å². The van der Waals surface area contributed by atoms with Gasteiger partial charge in [-0.05, 0) is 36.6 Å². The average Bonchev–Trinajstić information content (AvgIpc) is 2.58. The number of aromatic hydroxyl groups is 1. The molecule has 0 saturated heterocycles. The van der Waals surface area contributed by atoms with Crippen LogP contribution < -0.4 is 29.6 Å². The van der Waals surface area contributed by atoms with Gasteiger partial charge in [0, 0.05) is 0 Å². The minimum atomic E-state index is -4.23. The summed E-state index contributed by atoms with van der Waals surface area (Å²) in [5.74, 6) is 0.0297. The van der Waals surface area contributed by atoms with Gasteiger partial charge >= 0.3 is 29.6 Å². The maximum atomic E-state index is 11.4. The van der Waals surface area contributed by atoms with Gasteiger partial charge in [0.1, 0.15) is 5.75 Å². The van der Waals surface area contributed by atoms with Crippen molar-refractivity contribution in [3.05, 3.63) is 23.8 Å². The molecule has 27 heavy (non-hydrogen) atoms. The molecule has 2 N–H and O–H groups in total. The smallest absolute Gasteiger partial charge is 0.508 e. The van der Waals surface area contributed by atoms with E-state index in [1.54, 1.807) is 0 Å². The van der Waals surface area contributed by atoms with Crippen LogP contribution in [-0.4, -0.2) is 18.1 Å². The van der Waals surface area contributed by atoms with Crippen molar-refractivity contribution >= 4 is 10.1 Å². The third-order valence-corrected chi connectivity index (χ3v) is 5.83. The molecule has 0 saturated carbocycles. The molecule has 150 valence electrons. The van der Waals surface area contributed by atoms with Crippen molar-refractivity contribution < 1.29 is 47.6 Å². The molecule has 4 nitrogen and oxygen atoms in total. The van der Waals surface area contributed by atoms with Crippen molar-refractivity contribution in [3.63, 3.8) is 0 Å². The van der Waals surface area contributed by atoms with Gasteiger partial charge in [-0.1, -0.05) is 84.0 Å². The summed E-state index contributed by atoms with van der Waals surface area (Å²) in [4.78, 5) is -0.0887. The van der Waals surface area contributed by atoms with Crippen LogP contribution >= 0.6 is 0 Å². The van der Waals surface area contributed by atoms with Crippen LogP contribution in [0, 0.1) is 0 Å². The van der Waals surface area contributed by atoms with Gasteiger partial charge in [-0.25, -0.2) is 0 Å². The number of hydrogen-bond acceptors (Lipinski definition) is 3. The van der Waals surface area contributed by atoms with Gasteiger partial charge in [0.15, 0.2) is 0 Å². The zero-order valence-electron chi connectivity index (χ0n) is 17.3. The number of aryl methyl sites for hydroxylation is 1. The molecule has 1 aromatic rings. The Bertz CT molecular complexity index is 602. The molecule has 0 spiro atoms. The fraction of sp³-hybridized carbons (Fsp3) is 0.714. The number of benzene rings is 1. The second-order valence-electron chi connectivity index (χ2n) is 7.26. The summed E-state index contributed by atoms with van der Waals surface area (Å²) in [5, 5.41) is 9.53. The van der Waals surface area contributed by atoms with Crippen LogP contribution in [0.1, 0.15) is 96.0 Å². The molecule has 0 amide bonds. The molecule has 6 heteroatoms. The van der Waals surface area contributed by atoms with Crippen molar-refractivity contribution in [3.8, 4) is 5.75 Å². The second kappa shape index (κ2) is 15.8. The zero-order valence-corrected chi connectivity index (χ0v) is 20.1. The van der Waals surface area contributed by atoms with E-state index in [9.17, 15) is 18.1 Å². The van der Waals surface area contributed by atoms with Gasteiger partial charge in [-0.3, -0.25) is 4.55 Å². The van der Waals surface area contributed by atoms with Crippen LogP contribution in [0.5, 0.6) is 5.75 Å². The Morgan fingerprint density at radius 3 is 1.67 bits per heavy atom. The molecule has 1 rings (SSSR count). The van der Waals surface area contributed by atoms with Crippen molar-refractivity contribution in [1.82, 2.24) is 0 Å². The van der Waals surface area contributed by atoms with E-state index in [0.29, 0.717) is 12.0 Å². The summed E-state index contributed by atoms with van der Waals surface area (Å²) < 4.78 is 32.0. The van der Waals surface area contributed by atoms with E-state index in [1.165, 1.54) is 82.4 Å². The van der Waals surface area contributed by atoms with Crippen LogP contribution in [0.3, 0.4) is 0 Å². The maximum absolute atomic E-state index is 11.4. The Hall–Kier alpha value is -0.0700. The molecule has 0 bridgehead atoms. The average molecular weight is 408 g/mol. The Morgan fingerprint density at radius 2 is 1.22 bits per heavy atom. The summed E-state index contributed by atoms with van der Waals surface area (Å²) >= 11 is 0. The van der Waals surface area contributed by atoms with Crippen LogP contribution in [0.15, 0.2) is 23.1 Å². The first-order chi connectivity index (χ1) is 12.4. The van der Waals surface area contributed by atoms with Gasteiger partial charge in [0.25, 0.3) is 10.1 Å². The first kappa shape index (κ1) is 26.9. The maximum Gasteiger partial charge on any atom is 1.00 e. The van der Waals surface area contributed by atoms with Crippen molar-refractivity contribution in [2.45, 2.75) is 102 Å². The Kier molecular flexibility index (Phi) is 15.8. The van der Waals surface area contributed by atoms with E-state index in [-0.39, 0.29) is 40.2 Å².